The number of benzene rings is 1. The first kappa shape index (κ1) is 14.8. The Labute approximate surface area is 122 Å². The van der Waals surface area contributed by atoms with Crippen LogP contribution in [0.5, 0.6) is 0 Å². The minimum absolute atomic E-state index is 0.199. The molecule has 0 saturated carbocycles. The number of nitrogens with zero attached hydrogens (tertiary/aromatic N) is 1. The second kappa shape index (κ2) is 6.26. The predicted octanol–water partition coefficient (Wildman–Crippen LogP) is 2.49. The summed E-state index contributed by atoms with van der Waals surface area (Å²) in [4.78, 5) is 24.9. The standard InChI is InChI=1S/C16H17NO4/c1-11-10-21-13(8-14(18)19)15(11)16(20)17(2)9-12-6-4-3-5-7-12/h3-7,10H,8-9H2,1-2H3,(H,18,19). The smallest absolute Gasteiger partial charge is 0.311 e. The Hall–Kier alpha value is -2.56. The Bertz CT molecular complexity index is 646. The zero-order valence-corrected chi connectivity index (χ0v) is 12.0. The number of carbonyl (C=O) groups is 2. The summed E-state index contributed by atoms with van der Waals surface area (Å²) in [5.41, 5.74) is 2.00. The SMILES string of the molecule is Cc1coc(CC(=O)O)c1C(=O)N(C)Cc1ccccc1. The maximum Gasteiger partial charge on any atom is 0.311 e. The Morgan fingerprint density at radius 1 is 1.24 bits per heavy atom. The Morgan fingerprint density at radius 3 is 2.52 bits per heavy atom. The fourth-order valence-corrected chi connectivity index (χ4v) is 2.17. The van der Waals surface area contributed by atoms with Crippen molar-refractivity contribution >= 4 is 11.9 Å². The normalized spacial score (nSPS) is 10.4. The number of carbonyl (C=O) groups excluding carboxylic acids is 1. The van der Waals surface area contributed by atoms with Gasteiger partial charge in [-0.05, 0) is 12.5 Å². The van der Waals surface area contributed by atoms with Crippen molar-refractivity contribution in [3.05, 3.63) is 59.0 Å². The fourth-order valence-electron chi connectivity index (χ4n) is 2.17. The largest absolute Gasteiger partial charge is 0.481 e. The molecule has 0 aliphatic heterocycles. The van der Waals surface area contributed by atoms with Gasteiger partial charge in [-0.15, -0.1) is 0 Å². The number of hydrogen-bond donors (Lipinski definition) is 1. The van der Waals surface area contributed by atoms with Gasteiger partial charge in [-0.25, -0.2) is 0 Å². The zero-order chi connectivity index (χ0) is 15.4. The van der Waals surface area contributed by atoms with Crippen molar-refractivity contribution in [3.8, 4) is 0 Å². The van der Waals surface area contributed by atoms with Crippen LogP contribution in [0.15, 0.2) is 41.0 Å². The number of aliphatic carboxylic acids is 1. The maximum absolute atomic E-state index is 12.5. The number of amides is 1. The van der Waals surface area contributed by atoms with Crippen molar-refractivity contribution in [1.29, 1.82) is 0 Å². The Kier molecular flexibility index (Phi) is 4.42. The lowest BCUT2D eigenvalue weighted by atomic mass is 10.1. The van der Waals surface area contributed by atoms with E-state index in [4.69, 9.17) is 9.52 Å². The van der Waals surface area contributed by atoms with Crippen LogP contribution < -0.4 is 0 Å². The van der Waals surface area contributed by atoms with Crippen LogP contribution in [-0.2, 0) is 17.8 Å². The van der Waals surface area contributed by atoms with E-state index in [9.17, 15) is 9.59 Å². The predicted molar refractivity (Wildman–Crippen MR) is 77.0 cm³/mol. The molecular formula is C16H17NO4. The topological polar surface area (TPSA) is 70.7 Å². The van der Waals surface area contributed by atoms with E-state index >= 15 is 0 Å². The number of hydrogen-bond acceptors (Lipinski definition) is 3. The quantitative estimate of drug-likeness (QED) is 0.917. The van der Waals surface area contributed by atoms with E-state index in [-0.39, 0.29) is 18.1 Å². The molecule has 2 aromatic rings. The molecule has 2 rings (SSSR count). The first-order valence-corrected chi connectivity index (χ1v) is 6.57. The molecule has 0 radical (unpaired) electrons. The van der Waals surface area contributed by atoms with E-state index in [2.05, 4.69) is 0 Å². The molecule has 21 heavy (non-hydrogen) atoms. The minimum Gasteiger partial charge on any atom is -0.481 e. The van der Waals surface area contributed by atoms with Gasteiger partial charge in [-0.2, -0.15) is 0 Å². The number of rotatable bonds is 5. The summed E-state index contributed by atoms with van der Waals surface area (Å²) in [5, 5.41) is 8.87. The lowest BCUT2D eigenvalue weighted by Crippen LogP contribution is -2.27. The fraction of sp³-hybridized carbons (Fsp3) is 0.250. The van der Waals surface area contributed by atoms with E-state index in [1.165, 1.54) is 6.26 Å². The minimum atomic E-state index is -1.02. The van der Waals surface area contributed by atoms with Gasteiger partial charge < -0.3 is 14.4 Å². The monoisotopic (exact) mass is 287 g/mol. The van der Waals surface area contributed by atoms with Crippen LogP contribution in [0.25, 0.3) is 0 Å². The zero-order valence-electron chi connectivity index (χ0n) is 12.0. The van der Waals surface area contributed by atoms with Gasteiger partial charge in [0.05, 0.1) is 11.8 Å². The van der Waals surface area contributed by atoms with E-state index in [1.807, 2.05) is 30.3 Å². The number of carboxylic acids is 1. The maximum atomic E-state index is 12.5. The van der Waals surface area contributed by atoms with Crippen molar-refractivity contribution < 1.29 is 19.1 Å². The van der Waals surface area contributed by atoms with E-state index in [1.54, 1.807) is 18.9 Å². The third-order valence-corrected chi connectivity index (χ3v) is 3.19. The molecule has 0 fully saturated rings. The summed E-state index contributed by atoms with van der Waals surface area (Å²) >= 11 is 0. The van der Waals surface area contributed by atoms with Crippen LogP contribution in [0.4, 0.5) is 0 Å². The van der Waals surface area contributed by atoms with Crippen molar-refractivity contribution in [3.63, 3.8) is 0 Å². The molecule has 0 atom stereocenters. The summed E-state index contributed by atoms with van der Waals surface area (Å²) in [6, 6.07) is 9.60. The Morgan fingerprint density at radius 2 is 1.90 bits per heavy atom. The summed E-state index contributed by atoms with van der Waals surface area (Å²) < 4.78 is 5.20. The first-order valence-electron chi connectivity index (χ1n) is 6.57. The highest BCUT2D eigenvalue weighted by atomic mass is 16.4. The third-order valence-electron chi connectivity index (χ3n) is 3.19. The average molecular weight is 287 g/mol. The second-order valence-electron chi connectivity index (χ2n) is 4.93. The van der Waals surface area contributed by atoms with Crippen molar-refractivity contribution in [2.45, 2.75) is 19.9 Å². The molecule has 0 bridgehead atoms. The number of furan rings is 1. The molecule has 0 aliphatic rings. The van der Waals surface area contributed by atoms with E-state index < -0.39 is 5.97 Å². The van der Waals surface area contributed by atoms with Gasteiger partial charge in [0.25, 0.3) is 5.91 Å². The summed E-state index contributed by atoms with van der Waals surface area (Å²) in [7, 11) is 1.69. The van der Waals surface area contributed by atoms with Gasteiger partial charge in [0, 0.05) is 19.2 Å². The molecule has 1 aromatic heterocycles. The average Bonchev–Trinajstić information content (AvgIpc) is 2.79. The molecule has 110 valence electrons. The van der Waals surface area contributed by atoms with Gasteiger partial charge in [-0.1, -0.05) is 30.3 Å². The molecule has 0 spiro atoms. The van der Waals surface area contributed by atoms with Crippen LogP contribution >= 0.6 is 0 Å². The molecule has 0 aliphatic carbocycles. The number of aryl methyl sites for hydroxylation is 1. The second-order valence-corrected chi connectivity index (χ2v) is 4.93. The van der Waals surface area contributed by atoms with Crippen LogP contribution in [-0.4, -0.2) is 28.9 Å². The van der Waals surface area contributed by atoms with Gasteiger partial charge in [0.1, 0.15) is 12.2 Å². The van der Waals surface area contributed by atoms with Gasteiger partial charge >= 0.3 is 5.97 Å². The molecule has 1 aromatic carbocycles. The Balaban J connectivity index is 2.19. The lowest BCUT2D eigenvalue weighted by Gasteiger charge is -2.17. The van der Waals surface area contributed by atoms with Crippen molar-refractivity contribution in [2.24, 2.45) is 0 Å². The van der Waals surface area contributed by atoms with Crippen molar-refractivity contribution in [1.82, 2.24) is 4.90 Å². The highest BCUT2D eigenvalue weighted by Gasteiger charge is 2.23. The van der Waals surface area contributed by atoms with E-state index in [0.717, 1.165) is 5.56 Å². The summed E-state index contributed by atoms with van der Waals surface area (Å²) in [5.74, 6) is -1.06. The lowest BCUT2D eigenvalue weighted by molar-refractivity contribution is -0.136. The molecule has 1 amide bonds. The van der Waals surface area contributed by atoms with E-state index in [0.29, 0.717) is 17.7 Å². The molecule has 0 saturated heterocycles. The molecule has 0 unspecified atom stereocenters. The molecule has 5 nitrogen and oxygen atoms in total. The van der Waals surface area contributed by atoms with Gasteiger partial charge in [0.15, 0.2) is 0 Å². The van der Waals surface area contributed by atoms with Crippen LogP contribution in [0.2, 0.25) is 0 Å². The first-order chi connectivity index (χ1) is 9.99. The van der Waals surface area contributed by atoms with Crippen LogP contribution in [0, 0.1) is 6.92 Å². The van der Waals surface area contributed by atoms with Crippen LogP contribution in [0.3, 0.4) is 0 Å². The number of carboxylic acid groups (broad SMARTS) is 1. The van der Waals surface area contributed by atoms with Crippen molar-refractivity contribution in [2.75, 3.05) is 7.05 Å². The summed E-state index contributed by atoms with van der Waals surface area (Å²) in [6.07, 6.45) is 1.12. The van der Waals surface area contributed by atoms with Gasteiger partial charge in [-0.3, -0.25) is 9.59 Å². The van der Waals surface area contributed by atoms with Crippen LogP contribution in [0.1, 0.15) is 27.2 Å². The van der Waals surface area contributed by atoms with Gasteiger partial charge in [0.2, 0.25) is 0 Å². The molecule has 5 heteroatoms. The highest BCUT2D eigenvalue weighted by Crippen LogP contribution is 2.20. The summed E-state index contributed by atoms with van der Waals surface area (Å²) in [6.45, 7) is 2.19. The molecule has 1 N–H and O–H groups in total. The molecular weight excluding hydrogens is 270 g/mol. The third kappa shape index (κ3) is 3.51. The highest BCUT2D eigenvalue weighted by molar-refractivity contribution is 5.97. The molecule has 1 heterocycles.